The van der Waals surface area contributed by atoms with Gasteiger partial charge in [0.25, 0.3) is 5.76 Å². The van der Waals surface area contributed by atoms with Crippen molar-refractivity contribution in [2.75, 3.05) is 5.32 Å². The lowest BCUT2D eigenvalue weighted by molar-refractivity contribution is 0.252. The highest BCUT2D eigenvalue weighted by Crippen LogP contribution is 2.32. The zero-order chi connectivity index (χ0) is 13.0. The summed E-state index contributed by atoms with van der Waals surface area (Å²) in [5.74, 6) is -2.40. The first kappa shape index (κ1) is 13.8. The largest absolute Gasteiger partial charge is 0.379 e. The van der Waals surface area contributed by atoms with Crippen LogP contribution in [0.25, 0.3) is 0 Å². The van der Waals surface area contributed by atoms with Gasteiger partial charge in [-0.15, -0.1) is 11.3 Å². The molecular weight excluding hydrogens is 340 g/mol. The van der Waals surface area contributed by atoms with Gasteiger partial charge in [-0.25, -0.2) is 0 Å². The highest BCUT2D eigenvalue weighted by molar-refractivity contribution is 9.11. The Morgan fingerprint density at radius 3 is 2.67 bits per heavy atom. The Morgan fingerprint density at radius 1 is 1.22 bits per heavy atom. The van der Waals surface area contributed by atoms with E-state index in [0.717, 1.165) is 14.4 Å². The molecule has 0 aliphatic rings. The molecule has 1 aromatic heterocycles. The Balaban J connectivity index is 2.04. The lowest BCUT2D eigenvalue weighted by atomic mass is 10.3. The van der Waals surface area contributed by atoms with Crippen LogP contribution in [0, 0.1) is 0 Å². The van der Waals surface area contributed by atoms with Crippen molar-refractivity contribution in [3.05, 3.63) is 45.1 Å². The first-order valence-electron chi connectivity index (χ1n) is 5.17. The van der Waals surface area contributed by atoms with E-state index in [9.17, 15) is 8.78 Å². The number of nitrogens with one attached hydrogen (secondary N) is 1. The summed E-state index contributed by atoms with van der Waals surface area (Å²) in [4.78, 5) is 1.72. The SMILES string of the molecule is FC(F)Sc1ccccc1NCc1ccc(Br)s1. The molecule has 0 radical (unpaired) electrons. The summed E-state index contributed by atoms with van der Waals surface area (Å²) in [6.07, 6.45) is 0. The number of halogens is 3. The second-order valence-corrected chi connectivity index (χ2v) is 7.01. The molecule has 0 aliphatic heterocycles. The zero-order valence-electron chi connectivity index (χ0n) is 9.20. The van der Waals surface area contributed by atoms with Crippen LogP contribution in [0.1, 0.15) is 4.88 Å². The van der Waals surface area contributed by atoms with E-state index in [1.54, 1.807) is 23.5 Å². The normalized spacial score (nSPS) is 10.9. The van der Waals surface area contributed by atoms with Crippen LogP contribution in [-0.2, 0) is 6.54 Å². The van der Waals surface area contributed by atoms with Gasteiger partial charge in [0.05, 0.1) is 3.79 Å². The van der Waals surface area contributed by atoms with Crippen molar-refractivity contribution in [2.45, 2.75) is 17.2 Å². The first-order chi connectivity index (χ1) is 8.65. The smallest absolute Gasteiger partial charge is 0.288 e. The van der Waals surface area contributed by atoms with E-state index in [4.69, 9.17) is 0 Å². The summed E-state index contributed by atoms with van der Waals surface area (Å²) in [7, 11) is 0. The van der Waals surface area contributed by atoms with E-state index in [0.29, 0.717) is 23.2 Å². The highest BCUT2D eigenvalue weighted by Gasteiger charge is 2.09. The second-order valence-electron chi connectivity index (χ2n) is 3.43. The number of rotatable bonds is 5. The maximum absolute atomic E-state index is 12.4. The van der Waals surface area contributed by atoms with Crippen LogP contribution in [-0.4, -0.2) is 5.76 Å². The highest BCUT2D eigenvalue weighted by atomic mass is 79.9. The summed E-state index contributed by atoms with van der Waals surface area (Å²) in [6.45, 7) is 0.636. The Labute approximate surface area is 121 Å². The molecule has 0 amide bonds. The van der Waals surface area contributed by atoms with Crippen molar-refractivity contribution < 1.29 is 8.78 Å². The quantitative estimate of drug-likeness (QED) is 0.721. The average Bonchev–Trinajstić information content (AvgIpc) is 2.73. The Kier molecular flexibility index (Phi) is 5.03. The van der Waals surface area contributed by atoms with E-state index in [-0.39, 0.29) is 0 Å². The van der Waals surface area contributed by atoms with Gasteiger partial charge < -0.3 is 5.32 Å². The molecule has 18 heavy (non-hydrogen) atoms. The predicted molar refractivity (Wildman–Crippen MR) is 77.6 cm³/mol. The van der Waals surface area contributed by atoms with E-state index in [1.165, 1.54) is 0 Å². The number of hydrogen-bond donors (Lipinski definition) is 1. The number of alkyl halides is 2. The third-order valence-electron chi connectivity index (χ3n) is 2.19. The molecule has 0 unspecified atom stereocenters. The number of anilines is 1. The standard InChI is InChI=1S/C12H10BrF2NS2/c13-11-6-5-8(17-11)7-16-9-3-1-2-4-10(9)18-12(14)15/h1-6,12,16H,7H2. The summed E-state index contributed by atoms with van der Waals surface area (Å²) >= 11 is 5.58. The molecule has 0 spiro atoms. The lowest BCUT2D eigenvalue weighted by Crippen LogP contribution is -1.99. The average molecular weight is 350 g/mol. The molecule has 0 fully saturated rings. The minimum atomic E-state index is -2.40. The van der Waals surface area contributed by atoms with Crippen LogP contribution in [0.3, 0.4) is 0 Å². The van der Waals surface area contributed by atoms with Crippen molar-refractivity contribution in [2.24, 2.45) is 0 Å². The van der Waals surface area contributed by atoms with Crippen LogP contribution in [0.5, 0.6) is 0 Å². The minimum absolute atomic E-state index is 0.564. The van der Waals surface area contributed by atoms with Gasteiger partial charge in [-0.3, -0.25) is 0 Å². The maximum Gasteiger partial charge on any atom is 0.288 e. The molecule has 1 nitrogen and oxygen atoms in total. The maximum atomic E-state index is 12.4. The van der Waals surface area contributed by atoms with Gasteiger partial charge in [0.1, 0.15) is 0 Å². The molecule has 96 valence electrons. The molecule has 0 saturated heterocycles. The van der Waals surface area contributed by atoms with Crippen LogP contribution in [0.4, 0.5) is 14.5 Å². The summed E-state index contributed by atoms with van der Waals surface area (Å²) in [5.41, 5.74) is 0.743. The third kappa shape index (κ3) is 3.96. The number of hydrogen-bond acceptors (Lipinski definition) is 3. The van der Waals surface area contributed by atoms with Crippen molar-refractivity contribution in [3.8, 4) is 0 Å². The Morgan fingerprint density at radius 2 is 2.00 bits per heavy atom. The van der Waals surface area contributed by atoms with Gasteiger partial charge in [-0.05, 0) is 40.2 Å². The molecule has 2 rings (SSSR count). The fraction of sp³-hybridized carbons (Fsp3) is 0.167. The number of thiophene rings is 1. The Hall–Kier alpha value is -0.590. The van der Waals surface area contributed by atoms with Crippen molar-refractivity contribution in [1.29, 1.82) is 0 Å². The van der Waals surface area contributed by atoms with Crippen molar-refractivity contribution in [1.82, 2.24) is 0 Å². The molecule has 6 heteroatoms. The van der Waals surface area contributed by atoms with Crippen molar-refractivity contribution in [3.63, 3.8) is 0 Å². The van der Waals surface area contributed by atoms with E-state index >= 15 is 0 Å². The topological polar surface area (TPSA) is 12.0 Å². The van der Waals surface area contributed by atoms with E-state index in [2.05, 4.69) is 21.2 Å². The van der Waals surface area contributed by atoms with Crippen LogP contribution >= 0.6 is 39.0 Å². The Bertz CT molecular complexity index is 516. The van der Waals surface area contributed by atoms with Crippen LogP contribution in [0.15, 0.2) is 45.1 Å². The van der Waals surface area contributed by atoms with Gasteiger partial charge in [0.2, 0.25) is 0 Å². The van der Waals surface area contributed by atoms with Crippen LogP contribution < -0.4 is 5.32 Å². The van der Waals surface area contributed by atoms with Gasteiger partial charge in [0, 0.05) is 22.0 Å². The fourth-order valence-corrected chi connectivity index (χ4v) is 3.48. The summed E-state index contributed by atoms with van der Waals surface area (Å²) in [6, 6.07) is 11.1. The zero-order valence-corrected chi connectivity index (χ0v) is 12.4. The summed E-state index contributed by atoms with van der Waals surface area (Å²) < 4.78 is 25.9. The van der Waals surface area contributed by atoms with Crippen molar-refractivity contribution >= 4 is 44.7 Å². The number of thioether (sulfide) groups is 1. The molecule has 0 atom stereocenters. The number of benzene rings is 1. The molecule has 0 aliphatic carbocycles. The molecule has 1 heterocycles. The number of para-hydroxylation sites is 1. The second kappa shape index (κ2) is 6.54. The van der Waals surface area contributed by atoms with Gasteiger partial charge in [-0.1, -0.05) is 23.9 Å². The first-order valence-corrected chi connectivity index (χ1v) is 7.66. The minimum Gasteiger partial charge on any atom is -0.379 e. The lowest BCUT2D eigenvalue weighted by Gasteiger charge is -2.10. The predicted octanol–water partition coefficient (Wildman–Crippen LogP) is 5.44. The summed E-state index contributed by atoms with van der Waals surface area (Å²) in [5, 5.41) is 3.18. The molecule has 1 aromatic carbocycles. The molecule has 0 bridgehead atoms. The van der Waals surface area contributed by atoms with Gasteiger partial charge in [-0.2, -0.15) is 8.78 Å². The van der Waals surface area contributed by atoms with E-state index in [1.807, 2.05) is 24.3 Å². The van der Waals surface area contributed by atoms with E-state index < -0.39 is 5.76 Å². The monoisotopic (exact) mass is 349 g/mol. The fourth-order valence-electron chi connectivity index (χ4n) is 1.44. The molecular formula is C12H10BrF2NS2. The van der Waals surface area contributed by atoms with Gasteiger partial charge in [0.15, 0.2) is 0 Å². The third-order valence-corrected chi connectivity index (χ3v) is 4.60. The molecule has 2 aromatic rings. The molecule has 0 saturated carbocycles. The van der Waals surface area contributed by atoms with Crippen LogP contribution in [0.2, 0.25) is 0 Å². The molecule has 1 N–H and O–H groups in total. The van der Waals surface area contributed by atoms with Gasteiger partial charge >= 0.3 is 0 Å².